The average molecular weight is 460 g/mol. The molecule has 0 radical (unpaired) electrons. The fourth-order valence-corrected chi connectivity index (χ4v) is 4.00. The Morgan fingerprint density at radius 2 is 1.18 bits per heavy atom. The molecule has 148 valence electrons. The summed E-state index contributed by atoms with van der Waals surface area (Å²) in [6.45, 7) is 0. The van der Waals surface area contributed by atoms with Gasteiger partial charge in [0.2, 0.25) is 11.8 Å². The van der Waals surface area contributed by atoms with Crippen LogP contribution in [0.1, 0.15) is 25.7 Å². The molecule has 0 saturated heterocycles. The lowest BCUT2D eigenvalue weighted by Gasteiger charge is -2.28. The van der Waals surface area contributed by atoms with Crippen LogP contribution in [-0.2, 0) is 9.59 Å². The lowest BCUT2D eigenvalue weighted by atomic mass is 9.80. The quantitative estimate of drug-likeness (QED) is 0.535. The molecular weight excluding hydrogens is 442 g/mol. The van der Waals surface area contributed by atoms with E-state index in [4.69, 9.17) is 46.4 Å². The van der Waals surface area contributed by atoms with Gasteiger partial charge in [0, 0.05) is 21.9 Å². The van der Waals surface area contributed by atoms with Crippen molar-refractivity contribution >= 4 is 69.6 Å². The molecule has 4 nitrogen and oxygen atoms in total. The predicted octanol–water partition coefficient (Wildman–Crippen LogP) is 6.68. The van der Waals surface area contributed by atoms with Crippen molar-refractivity contribution in [2.45, 2.75) is 25.7 Å². The highest BCUT2D eigenvalue weighted by molar-refractivity contribution is 6.36. The zero-order valence-corrected chi connectivity index (χ0v) is 17.8. The first-order valence-corrected chi connectivity index (χ1v) is 10.4. The van der Waals surface area contributed by atoms with Crippen LogP contribution >= 0.6 is 46.4 Å². The van der Waals surface area contributed by atoms with Crippen LogP contribution in [0.5, 0.6) is 0 Å². The molecule has 2 aromatic rings. The largest absolute Gasteiger partial charge is 0.324 e. The summed E-state index contributed by atoms with van der Waals surface area (Å²) in [5, 5.41) is 7.44. The molecule has 0 bridgehead atoms. The maximum absolute atomic E-state index is 12.7. The highest BCUT2D eigenvalue weighted by Crippen LogP contribution is 2.33. The van der Waals surface area contributed by atoms with E-state index in [1.807, 2.05) is 0 Å². The minimum absolute atomic E-state index is 0.164. The summed E-state index contributed by atoms with van der Waals surface area (Å²) in [4.78, 5) is 25.3. The Hall–Kier alpha value is -1.46. The second kappa shape index (κ2) is 9.36. The Morgan fingerprint density at radius 3 is 1.61 bits per heavy atom. The highest BCUT2D eigenvalue weighted by atomic mass is 35.5. The number of hydrogen-bond acceptors (Lipinski definition) is 2. The smallest absolute Gasteiger partial charge is 0.227 e. The maximum Gasteiger partial charge on any atom is 0.227 e. The molecule has 2 atom stereocenters. The van der Waals surface area contributed by atoms with Crippen LogP contribution in [-0.4, -0.2) is 11.8 Å². The third-order valence-corrected chi connectivity index (χ3v) is 5.92. The van der Waals surface area contributed by atoms with Gasteiger partial charge in [-0.1, -0.05) is 52.8 Å². The number of carbonyl (C=O) groups is 2. The number of rotatable bonds is 4. The first-order valence-electron chi connectivity index (χ1n) is 8.85. The van der Waals surface area contributed by atoms with Crippen LogP contribution in [0.3, 0.4) is 0 Å². The molecule has 2 aromatic carbocycles. The normalized spacial score (nSPS) is 19.1. The molecule has 28 heavy (non-hydrogen) atoms. The molecule has 1 aliphatic carbocycles. The number of anilines is 2. The van der Waals surface area contributed by atoms with Crippen molar-refractivity contribution in [3.8, 4) is 0 Å². The molecule has 1 saturated carbocycles. The fraction of sp³-hybridized carbons (Fsp3) is 0.300. The van der Waals surface area contributed by atoms with E-state index in [1.165, 1.54) is 0 Å². The monoisotopic (exact) mass is 458 g/mol. The van der Waals surface area contributed by atoms with E-state index in [9.17, 15) is 9.59 Å². The van der Waals surface area contributed by atoms with Gasteiger partial charge in [-0.15, -0.1) is 0 Å². The molecule has 0 aromatic heterocycles. The van der Waals surface area contributed by atoms with Crippen molar-refractivity contribution in [2.24, 2.45) is 11.8 Å². The van der Waals surface area contributed by atoms with Crippen molar-refractivity contribution < 1.29 is 9.59 Å². The SMILES string of the molecule is O=C(Nc1cc(Cl)ccc1Cl)[C@@H]1CCC[C@@H](C(=O)Nc2cc(Cl)ccc2Cl)C1. The topological polar surface area (TPSA) is 58.2 Å². The van der Waals surface area contributed by atoms with Gasteiger partial charge in [0.05, 0.1) is 21.4 Å². The van der Waals surface area contributed by atoms with Crippen molar-refractivity contribution in [3.63, 3.8) is 0 Å². The van der Waals surface area contributed by atoms with Crippen LogP contribution < -0.4 is 10.6 Å². The van der Waals surface area contributed by atoms with Gasteiger partial charge in [-0.2, -0.15) is 0 Å². The zero-order valence-electron chi connectivity index (χ0n) is 14.8. The Kier molecular flexibility index (Phi) is 7.10. The molecule has 2 amide bonds. The molecule has 0 unspecified atom stereocenters. The van der Waals surface area contributed by atoms with Crippen molar-refractivity contribution in [3.05, 3.63) is 56.5 Å². The van der Waals surface area contributed by atoms with Gasteiger partial charge in [0.1, 0.15) is 0 Å². The lowest BCUT2D eigenvalue weighted by molar-refractivity contribution is -0.124. The van der Waals surface area contributed by atoms with Crippen LogP contribution in [0.4, 0.5) is 11.4 Å². The van der Waals surface area contributed by atoms with E-state index in [-0.39, 0.29) is 23.7 Å². The van der Waals surface area contributed by atoms with Crippen molar-refractivity contribution in [1.29, 1.82) is 0 Å². The summed E-state index contributed by atoms with van der Waals surface area (Å²) < 4.78 is 0. The molecule has 8 heteroatoms. The van der Waals surface area contributed by atoms with Crippen molar-refractivity contribution in [2.75, 3.05) is 10.6 Å². The zero-order chi connectivity index (χ0) is 20.3. The second-order valence-electron chi connectivity index (χ2n) is 6.79. The Labute approximate surface area is 183 Å². The predicted molar refractivity (Wildman–Crippen MR) is 116 cm³/mol. The average Bonchev–Trinajstić information content (AvgIpc) is 2.67. The van der Waals surface area contributed by atoms with Gasteiger partial charge >= 0.3 is 0 Å². The number of halogens is 4. The molecule has 1 aliphatic rings. The van der Waals surface area contributed by atoms with Gasteiger partial charge < -0.3 is 10.6 Å². The Balaban J connectivity index is 1.64. The van der Waals surface area contributed by atoms with Gasteiger partial charge in [-0.25, -0.2) is 0 Å². The molecule has 0 heterocycles. The summed E-state index contributed by atoms with van der Waals surface area (Å²) in [5.74, 6) is -0.895. The van der Waals surface area contributed by atoms with E-state index < -0.39 is 0 Å². The van der Waals surface area contributed by atoms with E-state index >= 15 is 0 Å². The van der Waals surface area contributed by atoms with E-state index in [2.05, 4.69) is 10.6 Å². The third-order valence-electron chi connectivity index (χ3n) is 4.79. The Morgan fingerprint density at radius 1 is 0.750 bits per heavy atom. The van der Waals surface area contributed by atoms with Gasteiger partial charge in [0.25, 0.3) is 0 Å². The third kappa shape index (κ3) is 5.32. The molecule has 0 spiro atoms. The van der Waals surface area contributed by atoms with Gasteiger partial charge in [0.15, 0.2) is 0 Å². The van der Waals surface area contributed by atoms with Crippen LogP contribution in [0.15, 0.2) is 36.4 Å². The first-order chi connectivity index (χ1) is 13.3. The van der Waals surface area contributed by atoms with Crippen LogP contribution in [0.2, 0.25) is 20.1 Å². The standard InChI is InChI=1S/C20H18Cl4N2O2/c21-13-4-6-15(23)17(9-13)25-19(27)11-2-1-3-12(8-11)20(28)26-18-10-14(22)5-7-16(18)24/h4-7,9-12H,1-3,8H2,(H,25,27)(H,26,28)/t11-,12-/m1/s1. The van der Waals surface area contributed by atoms with Crippen LogP contribution in [0, 0.1) is 11.8 Å². The minimum atomic E-state index is -0.283. The van der Waals surface area contributed by atoms with Gasteiger partial charge in [-0.3, -0.25) is 9.59 Å². The highest BCUT2D eigenvalue weighted by Gasteiger charge is 2.31. The van der Waals surface area contributed by atoms with Crippen molar-refractivity contribution in [1.82, 2.24) is 0 Å². The van der Waals surface area contributed by atoms with E-state index in [0.717, 1.165) is 6.42 Å². The van der Waals surface area contributed by atoms with E-state index in [1.54, 1.807) is 36.4 Å². The Bertz CT molecular complexity index is 832. The molecule has 3 rings (SSSR count). The summed E-state index contributed by atoms with van der Waals surface area (Å²) in [7, 11) is 0. The summed E-state index contributed by atoms with van der Waals surface area (Å²) in [6.07, 6.45) is 2.66. The lowest BCUT2D eigenvalue weighted by Crippen LogP contribution is -2.33. The molecule has 2 N–H and O–H groups in total. The summed E-state index contributed by atoms with van der Waals surface area (Å²) in [6, 6.07) is 9.78. The van der Waals surface area contributed by atoms with E-state index in [0.29, 0.717) is 50.7 Å². The summed E-state index contributed by atoms with van der Waals surface area (Å²) >= 11 is 24.2. The number of carbonyl (C=O) groups excluding carboxylic acids is 2. The second-order valence-corrected chi connectivity index (χ2v) is 8.47. The van der Waals surface area contributed by atoms with Gasteiger partial charge in [-0.05, 0) is 55.7 Å². The molecule has 1 fully saturated rings. The molecule has 0 aliphatic heterocycles. The fourth-order valence-electron chi connectivity index (χ4n) is 3.32. The number of benzene rings is 2. The maximum atomic E-state index is 12.7. The number of amides is 2. The van der Waals surface area contributed by atoms with Crippen LogP contribution in [0.25, 0.3) is 0 Å². The molecular formula is C20H18Cl4N2O2. The number of nitrogens with one attached hydrogen (secondary N) is 2. The minimum Gasteiger partial charge on any atom is -0.324 e. The number of hydrogen-bond donors (Lipinski definition) is 2. The summed E-state index contributed by atoms with van der Waals surface area (Å²) in [5.41, 5.74) is 0.938. The first kappa shape index (κ1) is 21.3.